The van der Waals surface area contributed by atoms with Crippen molar-refractivity contribution in [1.29, 1.82) is 0 Å². The summed E-state index contributed by atoms with van der Waals surface area (Å²) in [7, 11) is 0. The van der Waals surface area contributed by atoms with Crippen LogP contribution in [0.4, 0.5) is 5.69 Å². The van der Waals surface area contributed by atoms with E-state index in [2.05, 4.69) is 15.5 Å². The minimum Gasteiger partial charge on any atom is -0.454 e. The third-order valence-electron chi connectivity index (χ3n) is 3.70. The summed E-state index contributed by atoms with van der Waals surface area (Å²) < 4.78 is 12.0. The number of nitrogens with one attached hydrogen (secondary N) is 1. The molecule has 2 aromatic heterocycles. The fraction of sp³-hybridized carbons (Fsp3) is 0.188. The van der Waals surface area contributed by atoms with Crippen LogP contribution in [0.2, 0.25) is 0 Å². The molecular formula is C16H15N5O3S2. The number of thiophene rings is 1. The first-order valence-electron chi connectivity index (χ1n) is 7.73. The van der Waals surface area contributed by atoms with E-state index in [1.807, 2.05) is 17.5 Å². The Bertz CT molecular complexity index is 942. The second-order valence-corrected chi connectivity index (χ2v) is 7.73. The summed E-state index contributed by atoms with van der Waals surface area (Å²) >= 11 is 2.77. The third kappa shape index (κ3) is 3.20. The molecule has 0 fully saturated rings. The van der Waals surface area contributed by atoms with Gasteiger partial charge in [0.1, 0.15) is 0 Å². The zero-order valence-corrected chi connectivity index (χ0v) is 15.3. The first kappa shape index (κ1) is 16.7. The number of carbonyl (C=O) groups is 1. The van der Waals surface area contributed by atoms with Crippen molar-refractivity contribution in [1.82, 2.24) is 14.9 Å². The predicted octanol–water partition coefficient (Wildman–Crippen LogP) is 2.57. The van der Waals surface area contributed by atoms with Crippen LogP contribution < -0.4 is 20.6 Å². The molecule has 0 bridgehead atoms. The SMILES string of the molecule is C[C@H](Sc1nnc(-c2cccs2)n1N)C(=O)Nc1ccc2c(c1)OCO2. The molecule has 1 aliphatic rings. The Balaban J connectivity index is 1.43. The van der Waals surface area contributed by atoms with Crippen molar-refractivity contribution < 1.29 is 14.3 Å². The van der Waals surface area contributed by atoms with Gasteiger partial charge in [-0.05, 0) is 30.5 Å². The molecule has 4 rings (SSSR count). The van der Waals surface area contributed by atoms with Gasteiger partial charge in [0.15, 0.2) is 17.3 Å². The monoisotopic (exact) mass is 389 g/mol. The number of thioether (sulfide) groups is 1. The number of hydrogen-bond donors (Lipinski definition) is 2. The third-order valence-corrected chi connectivity index (χ3v) is 5.62. The highest BCUT2D eigenvalue weighted by Crippen LogP contribution is 2.34. The number of aromatic nitrogens is 3. The molecule has 0 radical (unpaired) electrons. The molecule has 0 saturated carbocycles. The maximum Gasteiger partial charge on any atom is 0.237 e. The molecule has 0 unspecified atom stereocenters. The van der Waals surface area contributed by atoms with Gasteiger partial charge in [0.05, 0.1) is 10.1 Å². The van der Waals surface area contributed by atoms with Gasteiger partial charge < -0.3 is 20.6 Å². The molecule has 3 aromatic rings. The average molecular weight is 389 g/mol. The largest absolute Gasteiger partial charge is 0.454 e. The van der Waals surface area contributed by atoms with Crippen molar-refractivity contribution in [3.8, 4) is 22.2 Å². The lowest BCUT2D eigenvalue weighted by Crippen LogP contribution is -2.23. The number of benzene rings is 1. The summed E-state index contributed by atoms with van der Waals surface area (Å²) in [6.07, 6.45) is 0. The van der Waals surface area contributed by atoms with Crippen molar-refractivity contribution in [3.05, 3.63) is 35.7 Å². The summed E-state index contributed by atoms with van der Waals surface area (Å²) in [6, 6.07) is 9.10. The van der Waals surface area contributed by atoms with Crippen LogP contribution in [0.15, 0.2) is 40.9 Å². The van der Waals surface area contributed by atoms with E-state index in [1.54, 1.807) is 25.1 Å². The standard InChI is InChI=1S/C16H15N5O3S2/c1-9(15(22)18-10-4-5-11-12(7-10)24-8-23-11)26-16-20-19-14(21(16)17)13-3-2-6-25-13/h2-7,9H,8,17H2,1H3,(H,18,22)/t9-/m0/s1. The van der Waals surface area contributed by atoms with Gasteiger partial charge in [-0.25, -0.2) is 4.68 Å². The molecule has 0 spiro atoms. The van der Waals surface area contributed by atoms with Crippen molar-refractivity contribution in [2.75, 3.05) is 18.0 Å². The number of amides is 1. The van der Waals surface area contributed by atoms with E-state index in [9.17, 15) is 4.79 Å². The van der Waals surface area contributed by atoms with Crippen molar-refractivity contribution in [2.45, 2.75) is 17.3 Å². The molecule has 3 N–H and O–H groups in total. The number of fused-ring (bicyclic) bond motifs is 1. The van der Waals surface area contributed by atoms with Crippen molar-refractivity contribution in [3.63, 3.8) is 0 Å². The number of nitrogens with two attached hydrogens (primary N) is 1. The number of ether oxygens (including phenoxy) is 2. The second-order valence-electron chi connectivity index (χ2n) is 5.47. The molecule has 3 heterocycles. The van der Waals surface area contributed by atoms with Gasteiger partial charge in [-0.2, -0.15) is 0 Å². The molecule has 1 aromatic carbocycles. The van der Waals surface area contributed by atoms with E-state index >= 15 is 0 Å². The molecule has 10 heteroatoms. The van der Waals surface area contributed by atoms with E-state index in [4.69, 9.17) is 15.3 Å². The maximum atomic E-state index is 12.5. The van der Waals surface area contributed by atoms with Crippen LogP contribution in [0.25, 0.3) is 10.7 Å². The number of nitrogens with zero attached hydrogens (tertiary/aromatic N) is 3. The summed E-state index contributed by atoms with van der Waals surface area (Å²) in [5.74, 6) is 7.76. The normalized spacial score (nSPS) is 13.6. The Kier molecular flexibility index (Phi) is 4.43. The summed E-state index contributed by atoms with van der Waals surface area (Å²) in [5.41, 5.74) is 0.639. The molecule has 0 aliphatic carbocycles. The maximum absolute atomic E-state index is 12.5. The second kappa shape index (κ2) is 6.89. The molecule has 0 saturated heterocycles. The Labute approximate surface area is 157 Å². The minimum atomic E-state index is -0.414. The smallest absolute Gasteiger partial charge is 0.237 e. The Hall–Kier alpha value is -2.72. The molecule has 26 heavy (non-hydrogen) atoms. The van der Waals surface area contributed by atoms with E-state index in [1.165, 1.54) is 27.8 Å². The van der Waals surface area contributed by atoms with Gasteiger partial charge >= 0.3 is 0 Å². The van der Waals surface area contributed by atoms with Crippen LogP contribution in [0.3, 0.4) is 0 Å². The fourth-order valence-corrected chi connectivity index (χ4v) is 3.84. The highest BCUT2D eigenvalue weighted by molar-refractivity contribution is 8.00. The zero-order valence-electron chi connectivity index (χ0n) is 13.7. The van der Waals surface area contributed by atoms with Gasteiger partial charge in [-0.1, -0.05) is 17.8 Å². The Morgan fingerprint density at radius 2 is 2.19 bits per heavy atom. The topological polar surface area (TPSA) is 104 Å². The lowest BCUT2D eigenvalue weighted by molar-refractivity contribution is -0.115. The summed E-state index contributed by atoms with van der Waals surface area (Å²) in [5, 5.41) is 13.1. The van der Waals surface area contributed by atoms with Gasteiger partial charge in [0, 0.05) is 11.8 Å². The first-order valence-corrected chi connectivity index (χ1v) is 9.49. The molecular weight excluding hydrogens is 374 g/mol. The number of anilines is 1. The lowest BCUT2D eigenvalue weighted by atomic mass is 10.2. The van der Waals surface area contributed by atoms with E-state index in [-0.39, 0.29) is 12.7 Å². The number of nitrogen functional groups attached to an aromatic ring is 1. The van der Waals surface area contributed by atoms with Crippen LogP contribution in [0.5, 0.6) is 11.5 Å². The van der Waals surface area contributed by atoms with Crippen LogP contribution in [-0.2, 0) is 4.79 Å². The van der Waals surface area contributed by atoms with Crippen molar-refractivity contribution >= 4 is 34.7 Å². The first-order chi connectivity index (χ1) is 12.6. The van der Waals surface area contributed by atoms with E-state index in [0.29, 0.717) is 28.2 Å². The highest BCUT2D eigenvalue weighted by Gasteiger charge is 2.21. The molecule has 1 aliphatic heterocycles. The average Bonchev–Trinajstić information content (AvgIpc) is 3.36. The fourth-order valence-electron chi connectivity index (χ4n) is 2.36. The van der Waals surface area contributed by atoms with Crippen LogP contribution >= 0.6 is 23.1 Å². The predicted molar refractivity (Wildman–Crippen MR) is 100.0 cm³/mol. The van der Waals surface area contributed by atoms with E-state index < -0.39 is 5.25 Å². The van der Waals surface area contributed by atoms with Gasteiger partial charge in [0.2, 0.25) is 17.9 Å². The number of carbonyl (C=O) groups excluding carboxylic acids is 1. The number of rotatable bonds is 5. The zero-order chi connectivity index (χ0) is 18.1. The van der Waals surface area contributed by atoms with Crippen molar-refractivity contribution in [2.24, 2.45) is 0 Å². The molecule has 1 amide bonds. The van der Waals surface area contributed by atoms with Gasteiger partial charge in [-0.15, -0.1) is 21.5 Å². The number of hydrogen-bond acceptors (Lipinski definition) is 8. The van der Waals surface area contributed by atoms with Gasteiger partial charge in [0.25, 0.3) is 0 Å². The lowest BCUT2D eigenvalue weighted by Gasteiger charge is -2.11. The van der Waals surface area contributed by atoms with Crippen LogP contribution in [0, 0.1) is 0 Å². The van der Waals surface area contributed by atoms with Crippen LogP contribution in [0.1, 0.15) is 6.92 Å². The molecule has 134 valence electrons. The molecule has 8 nitrogen and oxygen atoms in total. The quantitative estimate of drug-likeness (QED) is 0.510. The van der Waals surface area contributed by atoms with Crippen LogP contribution in [-0.4, -0.2) is 32.8 Å². The Morgan fingerprint density at radius 1 is 1.35 bits per heavy atom. The summed E-state index contributed by atoms with van der Waals surface area (Å²) in [4.78, 5) is 13.4. The van der Waals surface area contributed by atoms with E-state index in [0.717, 1.165) is 4.88 Å². The Morgan fingerprint density at radius 3 is 3.00 bits per heavy atom. The van der Waals surface area contributed by atoms with Gasteiger partial charge in [-0.3, -0.25) is 4.79 Å². The minimum absolute atomic E-state index is 0.172. The highest BCUT2D eigenvalue weighted by atomic mass is 32.2. The summed E-state index contributed by atoms with van der Waals surface area (Å²) in [6.45, 7) is 1.98. The molecule has 1 atom stereocenters.